The standard InChI is InChI=1S/C15H18O4/c1-12-4-8-10(17)19-7-15(8)6-14(12,3)9(16)5-13(15,2)11(12)18/h4,9,16H,5-7H2,1-3H3/t9-,12-,13-,14+,15-/m0/s1. The van der Waals surface area contributed by atoms with Crippen LogP contribution < -0.4 is 0 Å². The third kappa shape index (κ3) is 0.830. The number of carbonyl (C=O) groups excluding carboxylic acids is 2. The monoisotopic (exact) mass is 262 g/mol. The van der Waals surface area contributed by atoms with Gasteiger partial charge >= 0.3 is 5.97 Å². The average molecular weight is 262 g/mol. The number of allylic oxidation sites excluding steroid dienone is 1. The highest BCUT2D eigenvalue weighted by Gasteiger charge is 2.80. The van der Waals surface area contributed by atoms with Gasteiger partial charge in [-0.25, -0.2) is 4.79 Å². The maximum Gasteiger partial charge on any atom is 0.334 e. The summed E-state index contributed by atoms with van der Waals surface area (Å²) in [7, 11) is 0. The molecule has 6 aliphatic rings. The second-order valence-electron chi connectivity index (χ2n) is 7.39. The second-order valence-corrected chi connectivity index (χ2v) is 7.39. The molecule has 0 aromatic heterocycles. The Morgan fingerprint density at radius 3 is 2.68 bits per heavy atom. The number of aliphatic hydroxyl groups is 1. The lowest BCUT2D eigenvalue weighted by Crippen LogP contribution is -2.74. The Morgan fingerprint density at radius 1 is 1.32 bits per heavy atom. The highest BCUT2D eigenvalue weighted by atomic mass is 16.5. The highest BCUT2D eigenvalue weighted by molar-refractivity contribution is 6.05. The normalized spacial score (nSPS) is 58.1. The number of ketones is 1. The van der Waals surface area contributed by atoms with Crippen molar-refractivity contribution in [3.8, 4) is 0 Å². The van der Waals surface area contributed by atoms with Crippen LogP contribution in [0.3, 0.4) is 0 Å². The highest BCUT2D eigenvalue weighted by Crippen LogP contribution is 2.76. The lowest BCUT2D eigenvalue weighted by Gasteiger charge is -2.70. The van der Waals surface area contributed by atoms with Crippen LogP contribution in [0.4, 0.5) is 0 Å². The summed E-state index contributed by atoms with van der Waals surface area (Å²) < 4.78 is 5.27. The lowest BCUT2D eigenvalue weighted by molar-refractivity contribution is -0.220. The summed E-state index contributed by atoms with van der Waals surface area (Å²) in [5.41, 5.74) is -1.73. The summed E-state index contributed by atoms with van der Waals surface area (Å²) >= 11 is 0. The Bertz CT molecular complexity index is 579. The van der Waals surface area contributed by atoms with Gasteiger partial charge in [0.2, 0.25) is 0 Å². The van der Waals surface area contributed by atoms with Crippen molar-refractivity contribution in [2.24, 2.45) is 21.7 Å². The third-order valence-electron chi connectivity index (χ3n) is 6.84. The molecule has 0 unspecified atom stereocenters. The number of esters is 1. The first-order valence-corrected chi connectivity index (χ1v) is 6.85. The molecule has 1 saturated heterocycles. The van der Waals surface area contributed by atoms with E-state index in [4.69, 9.17) is 4.74 Å². The largest absolute Gasteiger partial charge is 0.461 e. The topological polar surface area (TPSA) is 63.6 Å². The Labute approximate surface area is 111 Å². The molecule has 19 heavy (non-hydrogen) atoms. The first-order chi connectivity index (χ1) is 8.71. The van der Waals surface area contributed by atoms with E-state index >= 15 is 0 Å². The molecular formula is C15H18O4. The summed E-state index contributed by atoms with van der Waals surface area (Å²) in [6.07, 6.45) is 2.40. The van der Waals surface area contributed by atoms with Crippen LogP contribution in [-0.4, -0.2) is 29.6 Å². The summed E-state index contributed by atoms with van der Waals surface area (Å²) in [4.78, 5) is 24.9. The molecule has 6 rings (SSSR count). The number of carbonyl (C=O) groups is 2. The van der Waals surface area contributed by atoms with Crippen LogP contribution in [0.1, 0.15) is 33.6 Å². The molecule has 4 fully saturated rings. The average Bonchev–Trinajstić information content (AvgIpc) is 2.64. The van der Waals surface area contributed by atoms with E-state index in [1.165, 1.54) is 0 Å². The minimum Gasteiger partial charge on any atom is -0.461 e. The molecule has 0 aromatic rings. The number of Topliss-reactive ketones (excluding diaryl/α,β-unsaturated/α-hetero) is 1. The fourth-order valence-corrected chi connectivity index (χ4v) is 5.28. The van der Waals surface area contributed by atoms with Crippen molar-refractivity contribution in [3.05, 3.63) is 11.6 Å². The van der Waals surface area contributed by atoms with Gasteiger partial charge in [-0.05, 0) is 19.8 Å². The van der Waals surface area contributed by atoms with Gasteiger partial charge in [0.15, 0.2) is 0 Å². The van der Waals surface area contributed by atoms with Crippen LogP contribution in [-0.2, 0) is 14.3 Å². The molecule has 5 atom stereocenters. The molecule has 1 aliphatic heterocycles. The van der Waals surface area contributed by atoms with Crippen molar-refractivity contribution in [1.29, 1.82) is 0 Å². The maximum absolute atomic E-state index is 13.0. The van der Waals surface area contributed by atoms with E-state index < -0.39 is 27.8 Å². The molecule has 4 bridgehead atoms. The van der Waals surface area contributed by atoms with Crippen LogP contribution in [0.25, 0.3) is 0 Å². The number of hydrogen-bond donors (Lipinski definition) is 1. The molecule has 0 amide bonds. The molecule has 5 aliphatic carbocycles. The second kappa shape index (κ2) is 2.66. The van der Waals surface area contributed by atoms with Crippen LogP contribution in [0.2, 0.25) is 0 Å². The van der Waals surface area contributed by atoms with E-state index in [1.54, 1.807) is 6.08 Å². The van der Waals surface area contributed by atoms with Crippen LogP contribution >= 0.6 is 0 Å². The molecule has 4 nitrogen and oxygen atoms in total. The van der Waals surface area contributed by atoms with Gasteiger partial charge in [-0.15, -0.1) is 0 Å². The summed E-state index contributed by atoms with van der Waals surface area (Å²) in [6, 6.07) is 0. The molecule has 1 N–H and O–H groups in total. The van der Waals surface area contributed by atoms with E-state index in [0.29, 0.717) is 18.4 Å². The van der Waals surface area contributed by atoms with Gasteiger partial charge in [-0.3, -0.25) is 4.79 Å². The smallest absolute Gasteiger partial charge is 0.334 e. The number of ether oxygens (including phenoxy) is 1. The predicted molar refractivity (Wildman–Crippen MR) is 66.0 cm³/mol. The molecule has 102 valence electrons. The van der Waals surface area contributed by atoms with Crippen LogP contribution in [0.5, 0.6) is 0 Å². The van der Waals surface area contributed by atoms with Crippen LogP contribution in [0.15, 0.2) is 11.6 Å². The predicted octanol–water partition coefficient (Wildman–Crippen LogP) is 1.23. The minimum atomic E-state index is -0.750. The summed E-state index contributed by atoms with van der Waals surface area (Å²) in [5.74, 6) is -0.107. The molecule has 0 radical (unpaired) electrons. The molecule has 3 saturated carbocycles. The van der Waals surface area contributed by atoms with E-state index in [0.717, 1.165) is 0 Å². The SMILES string of the molecule is C[C@@]12C=C3C(=O)OC[C@@]34C[C@]1(C)[C@@H](O)C[C@@]4(C)C2=O. The fraction of sp³-hybridized carbons (Fsp3) is 0.733. The number of fused-ring (bicyclic) bond motifs is 1. The Kier molecular flexibility index (Phi) is 1.63. The summed E-state index contributed by atoms with van der Waals surface area (Å²) in [5, 5.41) is 10.5. The zero-order valence-corrected chi connectivity index (χ0v) is 11.4. The van der Waals surface area contributed by atoms with Crippen molar-refractivity contribution >= 4 is 11.8 Å². The molecule has 1 heterocycles. The van der Waals surface area contributed by atoms with Gasteiger partial charge in [-0.2, -0.15) is 0 Å². The zero-order valence-electron chi connectivity index (χ0n) is 11.4. The van der Waals surface area contributed by atoms with Gasteiger partial charge in [-0.1, -0.05) is 19.9 Å². The van der Waals surface area contributed by atoms with Gasteiger partial charge in [0.1, 0.15) is 12.4 Å². The number of cyclic esters (lactones) is 1. The molecule has 1 spiro atoms. The van der Waals surface area contributed by atoms with Gasteiger partial charge in [0, 0.05) is 21.8 Å². The van der Waals surface area contributed by atoms with Gasteiger partial charge in [0.25, 0.3) is 0 Å². The quantitative estimate of drug-likeness (QED) is 0.667. The van der Waals surface area contributed by atoms with E-state index in [2.05, 4.69) is 0 Å². The van der Waals surface area contributed by atoms with E-state index in [-0.39, 0.29) is 18.4 Å². The fourth-order valence-electron chi connectivity index (χ4n) is 5.28. The Morgan fingerprint density at radius 2 is 2.00 bits per heavy atom. The van der Waals surface area contributed by atoms with Gasteiger partial charge < -0.3 is 9.84 Å². The number of rotatable bonds is 0. The van der Waals surface area contributed by atoms with Crippen LogP contribution in [0, 0.1) is 21.7 Å². The number of aliphatic hydroxyl groups excluding tert-OH is 1. The van der Waals surface area contributed by atoms with Gasteiger partial charge in [0.05, 0.1) is 11.5 Å². The van der Waals surface area contributed by atoms with E-state index in [9.17, 15) is 14.7 Å². The summed E-state index contributed by atoms with van der Waals surface area (Å²) in [6.45, 7) is 6.05. The van der Waals surface area contributed by atoms with Crippen molar-refractivity contribution in [2.45, 2.75) is 39.7 Å². The third-order valence-corrected chi connectivity index (χ3v) is 6.84. The first kappa shape index (κ1) is 11.6. The van der Waals surface area contributed by atoms with Crippen molar-refractivity contribution in [3.63, 3.8) is 0 Å². The van der Waals surface area contributed by atoms with E-state index in [1.807, 2.05) is 20.8 Å². The van der Waals surface area contributed by atoms with Crippen molar-refractivity contribution in [2.75, 3.05) is 6.61 Å². The Balaban J connectivity index is 2.10. The first-order valence-electron chi connectivity index (χ1n) is 6.85. The molecular weight excluding hydrogens is 244 g/mol. The van der Waals surface area contributed by atoms with Crippen molar-refractivity contribution in [1.82, 2.24) is 0 Å². The molecule has 4 heteroatoms. The lowest BCUT2D eigenvalue weighted by atomic mass is 9.31. The molecule has 0 aromatic carbocycles. The minimum absolute atomic E-state index is 0.168. The Hall–Kier alpha value is -1.16. The zero-order chi connectivity index (χ0) is 13.8. The maximum atomic E-state index is 13.0. The number of hydrogen-bond acceptors (Lipinski definition) is 4. The van der Waals surface area contributed by atoms with Crippen molar-refractivity contribution < 1.29 is 19.4 Å².